The average molecular weight is 326 g/mol. The van der Waals surface area contributed by atoms with E-state index in [1.807, 2.05) is 50.5 Å². The number of nitrogens with one attached hydrogen (secondary N) is 1. The number of fused-ring (bicyclic) bond motifs is 1. The van der Waals surface area contributed by atoms with Crippen LogP contribution in [0.15, 0.2) is 42.5 Å². The zero-order valence-electron chi connectivity index (χ0n) is 14.0. The standard InChI is InChI=1S/C19H22N2O3/c1-21(2)13-14-4-6-15(7-5-14)19(22)20-16-8-9-17-18(12-16)24-11-3-10-23-17/h4-9,12H,3,10-11,13H2,1-2H3,(H,20,22). The van der Waals surface area contributed by atoms with Gasteiger partial charge in [-0.15, -0.1) is 0 Å². The van der Waals surface area contributed by atoms with E-state index in [1.54, 1.807) is 6.07 Å². The molecule has 0 saturated heterocycles. The van der Waals surface area contributed by atoms with Crippen LogP contribution in [0.25, 0.3) is 0 Å². The Bertz CT molecular complexity index is 711. The number of hydrogen-bond donors (Lipinski definition) is 1. The second-order valence-corrected chi connectivity index (χ2v) is 6.10. The topological polar surface area (TPSA) is 50.8 Å². The second kappa shape index (κ2) is 7.36. The molecule has 1 amide bonds. The van der Waals surface area contributed by atoms with Crippen LogP contribution in [-0.4, -0.2) is 38.1 Å². The molecule has 1 aliphatic rings. The molecule has 1 N–H and O–H groups in total. The molecular formula is C19H22N2O3. The maximum atomic E-state index is 12.4. The first-order valence-electron chi connectivity index (χ1n) is 8.06. The highest BCUT2D eigenvalue weighted by molar-refractivity contribution is 6.04. The minimum atomic E-state index is -0.138. The molecule has 2 aromatic carbocycles. The number of amides is 1. The SMILES string of the molecule is CN(C)Cc1ccc(C(=O)Nc2ccc3c(c2)OCCCO3)cc1. The van der Waals surface area contributed by atoms with Gasteiger partial charge in [0.05, 0.1) is 13.2 Å². The number of carbonyl (C=O) groups is 1. The molecule has 5 nitrogen and oxygen atoms in total. The van der Waals surface area contributed by atoms with Crippen molar-refractivity contribution >= 4 is 11.6 Å². The Balaban J connectivity index is 1.69. The van der Waals surface area contributed by atoms with Crippen molar-refractivity contribution in [2.75, 3.05) is 32.6 Å². The Kier molecular flexibility index (Phi) is 5.01. The Morgan fingerprint density at radius 1 is 1.04 bits per heavy atom. The summed E-state index contributed by atoms with van der Waals surface area (Å²) in [7, 11) is 4.04. The largest absolute Gasteiger partial charge is 0.490 e. The summed E-state index contributed by atoms with van der Waals surface area (Å²) in [6, 6.07) is 13.1. The summed E-state index contributed by atoms with van der Waals surface area (Å²) in [6.45, 7) is 2.12. The molecule has 0 bridgehead atoms. The first kappa shape index (κ1) is 16.3. The molecule has 0 unspecified atom stereocenters. The highest BCUT2D eigenvalue weighted by atomic mass is 16.5. The van der Waals surface area contributed by atoms with Crippen molar-refractivity contribution in [3.8, 4) is 11.5 Å². The minimum Gasteiger partial charge on any atom is -0.490 e. The number of anilines is 1. The molecule has 1 heterocycles. The molecule has 0 radical (unpaired) electrons. The van der Waals surface area contributed by atoms with Gasteiger partial charge < -0.3 is 19.7 Å². The number of ether oxygens (including phenoxy) is 2. The smallest absolute Gasteiger partial charge is 0.255 e. The maximum absolute atomic E-state index is 12.4. The number of benzene rings is 2. The van der Waals surface area contributed by atoms with Crippen LogP contribution in [0.5, 0.6) is 11.5 Å². The van der Waals surface area contributed by atoms with Gasteiger partial charge in [-0.25, -0.2) is 0 Å². The van der Waals surface area contributed by atoms with Gasteiger partial charge in [0, 0.05) is 30.3 Å². The van der Waals surface area contributed by atoms with E-state index in [-0.39, 0.29) is 5.91 Å². The van der Waals surface area contributed by atoms with Crippen LogP contribution < -0.4 is 14.8 Å². The fourth-order valence-corrected chi connectivity index (χ4v) is 2.57. The summed E-state index contributed by atoms with van der Waals surface area (Å²) < 4.78 is 11.2. The molecule has 1 aliphatic heterocycles. The van der Waals surface area contributed by atoms with Gasteiger partial charge in [0.1, 0.15) is 0 Å². The van der Waals surface area contributed by atoms with Crippen LogP contribution in [0.4, 0.5) is 5.69 Å². The number of hydrogen-bond acceptors (Lipinski definition) is 4. The quantitative estimate of drug-likeness (QED) is 0.938. The van der Waals surface area contributed by atoms with Crippen molar-refractivity contribution in [3.63, 3.8) is 0 Å². The molecule has 2 aromatic rings. The summed E-state index contributed by atoms with van der Waals surface area (Å²) in [5.74, 6) is 1.26. The van der Waals surface area contributed by atoms with Gasteiger partial charge in [0.2, 0.25) is 0 Å². The van der Waals surface area contributed by atoms with Gasteiger partial charge in [-0.1, -0.05) is 12.1 Å². The maximum Gasteiger partial charge on any atom is 0.255 e. The van der Waals surface area contributed by atoms with Gasteiger partial charge in [-0.2, -0.15) is 0 Å². The highest BCUT2D eigenvalue weighted by Gasteiger charge is 2.12. The third-order valence-corrected chi connectivity index (χ3v) is 3.72. The third-order valence-electron chi connectivity index (χ3n) is 3.72. The van der Waals surface area contributed by atoms with E-state index in [2.05, 4.69) is 10.2 Å². The van der Waals surface area contributed by atoms with Gasteiger partial charge in [-0.3, -0.25) is 4.79 Å². The summed E-state index contributed by atoms with van der Waals surface area (Å²) in [5.41, 5.74) is 2.50. The third kappa shape index (κ3) is 4.06. The fourth-order valence-electron chi connectivity index (χ4n) is 2.57. The summed E-state index contributed by atoms with van der Waals surface area (Å²) in [6.07, 6.45) is 0.857. The summed E-state index contributed by atoms with van der Waals surface area (Å²) >= 11 is 0. The van der Waals surface area contributed by atoms with Crippen molar-refractivity contribution < 1.29 is 14.3 Å². The predicted molar refractivity (Wildman–Crippen MR) is 93.8 cm³/mol. The molecule has 126 valence electrons. The zero-order valence-corrected chi connectivity index (χ0v) is 14.0. The lowest BCUT2D eigenvalue weighted by atomic mass is 10.1. The van der Waals surface area contributed by atoms with Crippen LogP contribution in [-0.2, 0) is 6.54 Å². The van der Waals surface area contributed by atoms with Crippen LogP contribution in [0, 0.1) is 0 Å². The fraction of sp³-hybridized carbons (Fsp3) is 0.316. The molecular weight excluding hydrogens is 304 g/mol. The van der Waals surface area contributed by atoms with E-state index >= 15 is 0 Å². The molecule has 5 heteroatoms. The van der Waals surface area contributed by atoms with Crippen LogP contribution in [0.2, 0.25) is 0 Å². The Morgan fingerprint density at radius 3 is 2.46 bits per heavy atom. The highest BCUT2D eigenvalue weighted by Crippen LogP contribution is 2.32. The van der Waals surface area contributed by atoms with E-state index in [1.165, 1.54) is 5.56 Å². The lowest BCUT2D eigenvalue weighted by Crippen LogP contribution is -2.13. The number of nitrogens with zero attached hydrogens (tertiary/aromatic N) is 1. The molecule has 3 rings (SSSR count). The molecule has 0 fully saturated rings. The number of carbonyl (C=O) groups excluding carboxylic acids is 1. The molecule has 0 aromatic heterocycles. The van der Waals surface area contributed by atoms with E-state index in [4.69, 9.17) is 9.47 Å². The minimum absolute atomic E-state index is 0.138. The average Bonchev–Trinajstić information content (AvgIpc) is 2.80. The Morgan fingerprint density at radius 2 is 1.75 bits per heavy atom. The molecule has 0 atom stereocenters. The van der Waals surface area contributed by atoms with E-state index in [0.29, 0.717) is 30.2 Å². The Labute approximate surface area is 142 Å². The Hall–Kier alpha value is -2.53. The predicted octanol–water partition coefficient (Wildman–Crippen LogP) is 3.16. The van der Waals surface area contributed by atoms with Crippen molar-refractivity contribution in [2.24, 2.45) is 0 Å². The normalized spacial score (nSPS) is 13.5. The van der Waals surface area contributed by atoms with Crippen molar-refractivity contribution in [3.05, 3.63) is 53.6 Å². The van der Waals surface area contributed by atoms with Crippen LogP contribution in [0.1, 0.15) is 22.3 Å². The first-order chi connectivity index (χ1) is 11.6. The monoisotopic (exact) mass is 326 g/mol. The lowest BCUT2D eigenvalue weighted by Gasteiger charge is -2.11. The summed E-state index contributed by atoms with van der Waals surface area (Å²) in [5, 5.41) is 2.90. The van der Waals surface area contributed by atoms with Gasteiger partial charge in [-0.05, 0) is 43.9 Å². The van der Waals surface area contributed by atoms with Crippen molar-refractivity contribution in [1.82, 2.24) is 4.90 Å². The van der Waals surface area contributed by atoms with E-state index in [9.17, 15) is 4.79 Å². The molecule has 0 aliphatic carbocycles. The molecule has 0 spiro atoms. The molecule has 0 saturated carbocycles. The first-order valence-corrected chi connectivity index (χ1v) is 8.06. The van der Waals surface area contributed by atoms with E-state index < -0.39 is 0 Å². The van der Waals surface area contributed by atoms with Crippen molar-refractivity contribution in [2.45, 2.75) is 13.0 Å². The second-order valence-electron chi connectivity index (χ2n) is 6.10. The van der Waals surface area contributed by atoms with Crippen LogP contribution in [0.3, 0.4) is 0 Å². The van der Waals surface area contributed by atoms with Crippen molar-refractivity contribution in [1.29, 1.82) is 0 Å². The van der Waals surface area contributed by atoms with Gasteiger partial charge in [0.25, 0.3) is 5.91 Å². The zero-order chi connectivity index (χ0) is 16.9. The van der Waals surface area contributed by atoms with Gasteiger partial charge >= 0.3 is 0 Å². The van der Waals surface area contributed by atoms with Crippen LogP contribution >= 0.6 is 0 Å². The lowest BCUT2D eigenvalue weighted by molar-refractivity contribution is 0.102. The summed E-state index contributed by atoms with van der Waals surface area (Å²) in [4.78, 5) is 14.5. The van der Waals surface area contributed by atoms with Gasteiger partial charge in [0.15, 0.2) is 11.5 Å². The van der Waals surface area contributed by atoms with E-state index in [0.717, 1.165) is 18.7 Å². The number of rotatable bonds is 4. The molecule has 24 heavy (non-hydrogen) atoms.